The van der Waals surface area contributed by atoms with Crippen LogP contribution in [0.25, 0.3) is 0 Å². The van der Waals surface area contributed by atoms with E-state index in [-0.39, 0.29) is 6.41 Å². The van der Waals surface area contributed by atoms with Gasteiger partial charge in [-0.1, -0.05) is 30.3 Å². The number of nitrogens with one attached hydrogen (secondary N) is 1. The Morgan fingerprint density at radius 2 is 2.00 bits per heavy atom. The molecule has 0 saturated carbocycles. The predicted octanol–water partition coefficient (Wildman–Crippen LogP) is -0.141. The molecule has 0 radical (unpaired) electrons. The number of hydrogen-bond acceptors (Lipinski definition) is 5. The van der Waals surface area contributed by atoms with Crippen LogP contribution in [0.2, 0.25) is 0 Å². The standard InChI is InChI=1S/C8H7N.C4H6N2O4/c9-7-6-8-4-2-1-3-5-8;1-6(2-7)4(9)3(8)5-10/h1-5H,6H2;2,10H,1H3,(H,5,8). The molecule has 7 heteroatoms. The Hall–Kier alpha value is -2.72. The molecule has 0 bridgehead atoms. The Bertz CT molecular complexity index is 468. The minimum absolute atomic E-state index is 0.164. The van der Waals surface area contributed by atoms with Crippen molar-refractivity contribution < 1.29 is 19.6 Å². The largest absolute Gasteiger partial charge is 0.333 e. The summed E-state index contributed by atoms with van der Waals surface area (Å²) in [7, 11) is 1.10. The van der Waals surface area contributed by atoms with Crippen molar-refractivity contribution in [1.82, 2.24) is 10.4 Å². The van der Waals surface area contributed by atoms with Gasteiger partial charge in [-0.05, 0) is 5.56 Å². The lowest BCUT2D eigenvalue weighted by Gasteiger charge is -2.04. The normalized spacial score (nSPS) is 8.26. The zero-order valence-electron chi connectivity index (χ0n) is 10.2. The van der Waals surface area contributed by atoms with Gasteiger partial charge in [-0.3, -0.25) is 24.5 Å². The molecule has 19 heavy (non-hydrogen) atoms. The smallest absolute Gasteiger partial charge is 0.288 e. The Balaban J connectivity index is 0.000000342. The number of hydrogen-bond donors (Lipinski definition) is 2. The van der Waals surface area contributed by atoms with Crippen LogP contribution in [-0.4, -0.2) is 35.4 Å². The van der Waals surface area contributed by atoms with Crippen molar-refractivity contribution in [2.75, 3.05) is 7.05 Å². The second kappa shape index (κ2) is 9.32. The van der Waals surface area contributed by atoms with Crippen molar-refractivity contribution in [3.05, 3.63) is 35.9 Å². The SMILES string of the molecule is CN(C=O)C(=O)C(=O)NO.N#CCc1ccccc1. The molecule has 1 rings (SSSR count). The molecule has 0 saturated heterocycles. The number of carbonyl (C=O) groups is 3. The number of nitrogens with zero attached hydrogens (tertiary/aromatic N) is 2. The van der Waals surface area contributed by atoms with E-state index in [2.05, 4.69) is 6.07 Å². The van der Waals surface area contributed by atoms with Crippen LogP contribution >= 0.6 is 0 Å². The van der Waals surface area contributed by atoms with E-state index in [1.165, 1.54) is 0 Å². The molecule has 1 aromatic rings. The van der Waals surface area contributed by atoms with Crippen LogP contribution in [0.5, 0.6) is 0 Å². The molecular weight excluding hydrogens is 250 g/mol. The Morgan fingerprint density at radius 3 is 2.42 bits per heavy atom. The number of nitriles is 1. The molecule has 0 spiro atoms. The zero-order chi connectivity index (χ0) is 14.7. The molecule has 0 aromatic heterocycles. The monoisotopic (exact) mass is 263 g/mol. The van der Waals surface area contributed by atoms with Crippen molar-refractivity contribution in [2.45, 2.75) is 6.42 Å². The van der Waals surface area contributed by atoms with E-state index < -0.39 is 11.8 Å². The molecule has 7 nitrogen and oxygen atoms in total. The van der Waals surface area contributed by atoms with Crippen LogP contribution < -0.4 is 5.48 Å². The molecule has 0 aliphatic rings. The number of likely N-dealkylation sites (N-methyl/N-ethyl adjacent to an activating group) is 1. The van der Waals surface area contributed by atoms with Gasteiger partial charge in [0.2, 0.25) is 6.41 Å². The Kier molecular flexibility index (Phi) is 7.99. The van der Waals surface area contributed by atoms with E-state index >= 15 is 0 Å². The Morgan fingerprint density at radius 1 is 1.42 bits per heavy atom. The summed E-state index contributed by atoms with van der Waals surface area (Å²) in [4.78, 5) is 30.9. The van der Waals surface area contributed by atoms with E-state index in [1.807, 2.05) is 30.3 Å². The summed E-state index contributed by atoms with van der Waals surface area (Å²) in [5, 5.41) is 16.2. The number of imide groups is 1. The summed E-state index contributed by atoms with van der Waals surface area (Å²) in [6.45, 7) is 0. The van der Waals surface area contributed by atoms with Gasteiger partial charge >= 0.3 is 11.8 Å². The Labute approximate surface area is 110 Å². The van der Waals surface area contributed by atoms with Gasteiger partial charge in [0.05, 0.1) is 12.5 Å². The molecular formula is C12H13N3O4. The summed E-state index contributed by atoms with van der Waals surface area (Å²) in [5.41, 5.74) is 2.17. The fourth-order valence-corrected chi connectivity index (χ4v) is 0.943. The first-order valence-electron chi connectivity index (χ1n) is 5.14. The average Bonchev–Trinajstić information content (AvgIpc) is 2.47. The van der Waals surface area contributed by atoms with Crippen LogP contribution in [0.15, 0.2) is 30.3 Å². The fourth-order valence-electron chi connectivity index (χ4n) is 0.943. The second-order valence-electron chi connectivity index (χ2n) is 3.28. The fraction of sp³-hybridized carbons (Fsp3) is 0.167. The van der Waals surface area contributed by atoms with Crippen LogP contribution in [0, 0.1) is 11.3 Å². The van der Waals surface area contributed by atoms with Crippen molar-refractivity contribution in [1.29, 1.82) is 5.26 Å². The number of hydroxylamine groups is 1. The summed E-state index contributed by atoms with van der Waals surface area (Å²) in [6.07, 6.45) is 0.679. The zero-order valence-corrected chi connectivity index (χ0v) is 10.2. The van der Waals surface area contributed by atoms with Gasteiger partial charge in [0, 0.05) is 7.05 Å². The predicted molar refractivity (Wildman–Crippen MR) is 64.5 cm³/mol. The molecule has 0 fully saturated rings. The lowest BCUT2D eigenvalue weighted by Crippen LogP contribution is -2.38. The highest BCUT2D eigenvalue weighted by molar-refractivity contribution is 6.36. The maximum absolute atomic E-state index is 10.4. The summed E-state index contributed by atoms with van der Waals surface area (Å²) in [6, 6.07) is 11.8. The van der Waals surface area contributed by atoms with E-state index in [4.69, 9.17) is 10.5 Å². The highest BCUT2D eigenvalue weighted by atomic mass is 16.5. The van der Waals surface area contributed by atoms with Crippen molar-refractivity contribution in [2.24, 2.45) is 0 Å². The van der Waals surface area contributed by atoms with E-state index in [1.54, 1.807) is 0 Å². The molecule has 0 aliphatic carbocycles. The highest BCUT2D eigenvalue weighted by Gasteiger charge is 2.16. The van der Waals surface area contributed by atoms with Gasteiger partial charge in [0.1, 0.15) is 0 Å². The minimum Gasteiger partial charge on any atom is -0.288 e. The third-order valence-electron chi connectivity index (χ3n) is 1.90. The summed E-state index contributed by atoms with van der Waals surface area (Å²) < 4.78 is 0. The molecule has 100 valence electrons. The minimum atomic E-state index is -1.24. The maximum atomic E-state index is 10.4. The first-order valence-corrected chi connectivity index (χ1v) is 5.14. The third-order valence-corrected chi connectivity index (χ3v) is 1.90. The van der Waals surface area contributed by atoms with E-state index in [9.17, 15) is 14.4 Å². The topological polar surface area (TPSA) is 110 Å². The van der Waals surface area contributed by atoms with Crippen molar-refractivity contribution >= 4 is 18.2 Å². The number of carbonyl (C=O) groups excluding carboxylic acids is 3. The maximum Gasteiger partial charge on any atom is 0.333 e. The first-order chi connectivity index (χ1) is 9.06. The van der Waals surface area contributed by atoms with E-state index in [0.29, 0.717) is 11.3 Å². The van der Waals surface area contributed by atoms with Crippen molar-refractivity contribution in [3.63, 3.8) is 0 Å². The average molecular weight is 263 g/mol. The molecule has 0 aliphatic heterocycles. The van der Waals surface area contributed by atoms with Gasteiger partial charge in [-0.15, -0.1) is 0 Å². The van der Waals surface area contributed by atoms with Gasteiger partial charge < -0.3 is 0 Å². The molecule has 0 unspecified atom stereocenters. The summed E-state index contributed by atoms with van der Waals surface area (Å²) in [5.74, 6) is -2.35. The van der Waals surface area contributed by atoms with Gasteiger partial charge in [0.15, 0.2) is 0 Å². The van der Waals surface area contributed by atoms with Crippen LogP contribution in [0.3, 0.4) is 0 Å². The van der Waals surface area contributed by atoms with Crippen LogP contribution in [0.1, 0.15) is 5.56 Å². The van der Waals surface area contributed by atoms with E-state index in [0.717, 1.165) is 18.1 Å². The molecule has 2 N–H and O–H groups in total. The first kappa shape index (κ1) is 16.3. The molecule has 0 atom stereocenters. The quantitative estimate of drug-likeness (QED) is 0.334. The van der Waals surface area contributed by atoms with Crippen LogP contribution in [-0.2, 0) is 20.8 Å². The molecule has 3 amide bonds. The lowest BCUT2D eigenvalue weighted by atomic mass is 10.2. The van der Waals surface area contributed by atoms with Gasteiger partial charge in [-0.25, -0.2) is 5.48 Å². The highest BCUT2D eigenvalue weighted by Crippen LogP contribution is 1.96. The third kappa shape index (κ3) is 6.55. The van der Waals surface area contributed by atoms with Gasteiger partial charge in [-0.2, -0.15) is 5.26 Å². The van der Waals surface area contributed by atoms with Gasteiger partial charge in [0.25, 0.3) is 0 Å². The summed E-state index contributed by atoms with van der Waals surface area (Å²) >= 11 is 0. The van der Waals surface area contributed by atoms with Crippen molar-refractivity contribution in [3.8, 4) is 6.07 Å². The second-order valence-corrected chi connectivity index (χ2v) is 3.28. The molecule has 0 heterocycles. The molecule has 1 aromatic carbocycles. The lowest BCUT2D eigenvalue weighted by molar-refractivity contribution is -0.151. The number of benzene rings is 1. The van der Waals surface area contributed by atoms with Crippen LogP contribution in [0.4, 0.5) is 0 Å². The number of amides is 3. The number of rotatable bonds is 2.